The van der Waals surface area contributed by atoms with Crippen molar-refractivity contribution < 1.29 is 30.0 Å². The Hall–Kier alpha value is -0.530. The standard InChI is InChI=1S/C9H16O6/c1-4(11)2-5-7(12)8(13)6(3-10)15-9(5)14/h5-10,12-14H,2-3H2,1H3/t5?,6?,7-,8+,9?/m1/s1. The van der Waals surface area contributed by atoms with E-state index in [0.29, 0.717) is 0 Å². The molecular weight excluding hydrogens is 204 g/mol. The molecule has 0 saturated carbocycles. The molecule has 1 rings (SSSR count). The van der Waals surface area contributed by atoms with Crippen LogP contribution in [-0.4, -0.2) is 57.4 Å². The predicted molar refractivity (Wildman–Crippen MR) is 48.8 cm³/mol. The number of hydrogen-bond donors (Lipinski definition) is 4. The summed E-state index contributed by atoms with van der Waals surface area (Å²) in [5.74, 6) is -1.06. The third-order valence-electron chi connectivity index (χ3n) is 2.55. The smallest absolute Gasteiger partial charge is 0.160 e. The highest BCUT2D eigenvalue weighted by Gasteiger charge is 2.43. The van der Waals surface area contributed by atoms with Gasteiger partial charge < -0.3 is 30.0 Å². The summed E-state index contributed by atoms with van der Waals surface area (Å²) < 4.78 is 4.87. The zero-order valence-electron chi connectivity index (χ0n) is 8.41. The van der Waals surface area contributed by atoms with Gasteiger partial charge in [-0.2, -0.15) is 0 Å². The number of carbonyl (C=O) groups is 1. The van der Waals surface area contributed by atoms with Crippen molar-refractivity contribution in [1.82, 2.24) is 0 Å². The third kappa shape index (κ3) is 2.73. The van der Waals surface area contributed by atoms with Crippen LogP contribution in [0.2, 0.25) is 0 Å². The first-order valence-corrected chi connectivity index (χ1v) is 4.77. The fourth-order valence-corrected chi connectivity index (χ4v) is 1.71. The van der Waals surface area contributed by atoms with E-state index in [0.717, 1.165) is 0 Å². The lowest BCUT2D eigenvalue weighted by Crippen LogP contribution is -2.55. The lowest BCUT2D eigenvalue weighted by Gasteiger charge is -2.39. The van der Waals surface area contributed by atoms with Crippen LogP contribution in [0.25, 0.3) is 0 Å². The minimum absolute atomic E-state index is 0.0719. The van der Waals surface area contributed by atoms with E-state index in [4.69, 9.17) is 9.84 Å². The molecule has 88 valence electrons. The van der Waals surface area contributed by atoms with Crippen molar-refractivity contribution >= 4 is 5.78 Å². The van der Waals surface area contributed by atoms with E-state index in [1.54, 1.807) is 0 Å². The molecule has 0 spiro atoms. The maximum Gasteiger partial charge on any atom is 0.160 e. The minimum Gasteiger partial charge on any atom is -0.394 e. The molecule has 0 amide bonds. The van der Waals surface area contributed by atoms with Gasteiger partial charge in [-0.05, 0) is 6.92 Å². The molecule has 0 aromatic rings. The van der Waals surface area contributed by atoms with Gasteiger partial charge in [0.2, 0.25) is 0 Å². The summed E-state index contributed by atoms with van der Waals surface area (Å²) >= 11 is 0. The van der Waals surface area contributed by atoms with Gasteiger partial charge in [-0.25, -0.2) is 0 Å². The third-order valence-corrected chi connectivity index (χ3v) is 2.55. The maximum atomic E-state index is 10.9. The van der Waals surface area contributed by atoms with Crippen LogP contribution < -0.4 is 0 Å². The van der Waals surface area contributed by atoms with Crippen molar-refractivity contribution in [3.8, 4) is 0 Å². The van der Waals surface area contributed by atoms with E-state index in [2.05, 4.69) is 0 Å². The average molecular weight is 220 g/mol. The predicted octanol–water partition coefficient (Wildman–Crippen LogP) is -1.99. The van der Waals surface area contributed by atoms with E-state index in [-0.39, 0.29) is 12.2 Å². The maximum absolute atomic E-state index is 10.9. The lowest BCUT2D eigenvalue weighted by molar-refractivity contribution is -0.269. The Bertz CT molecular complexity index is 231. The highest BCUT2D eigenvalue weighted by molar-refractivity contribution is 5.75. The minimum atomic E-state index is -1.34. The van der Waals surface area contributed by atoms with Gasteiger partial charge in [0.05, 0.1) is 12.7 Å². The van der Waals surface area contributed by atoms with Crippen LogP contribution in [0.15, 0.2) is 0 Å². The monoisotopic (exact) mass is 220 g/mol. The summed E-state index contributed by atoms with van der Waals surface area (Å²) in [5.41, 5.74) is 0. The van der Waals surface area contributed by atoms with Crippen LogP contribution in [0, 0.1) is 5.92 Å². The Kier molecular flexibility index (Phi) is 4.18. The summed E-state index contributed by atoms with van der Waals surface area (Å²) in [6, 6.07) is 0. The van der Waals surface area contributed by atoms with Gasteiger partial charge in [0, 0.05) is 12.3 Å². The van der Waals surface area contributed by atoms with Crippen LogP contribution in [-0.2, 0) is 9.53 Å². The number of ether oxygens (including phenoxy) is 1. The molecule has 0 radical (unpaired) electrons. The summed E-state index contributed by atoms with van der Waals surface area (Å²) in [6.07, 6.45) is -4.99. The molecule has 0 aromatic heterocycles. The molecule has 4 N–H and O–H groups in total. The van der Waals surface area contributed by atoms with Gasteiger partial charge >= 0.3 is 0 Å². The number of aliphatic hydroxyl groups excluding tert-OH is 4. The summed E-state index contributed by atoms with van der Waals surface area (Å²) in [5, 5.41) is 37.3. The molecule has 1 heterocycles. The van der Waals surface area contributed by atoms with Gasteiger partial charge in [-0.1, -0.05) is 0 Å². The Morgan fingerprint density at radius 3 is 2.33 bits per heavy atom. The zero-order valence-corrected chi connectivity index (χ0v) is 8.41. The number of rotatable bonds is 3. The van der Waals surface area contributed by atoms with Crippen LogP contribution in [0.4, 0.5) is 0 Å². The SMILES string of the molecule is CC(=O)CC1C(O)OC(CO)[C@H](O)[C@@H]1O. The largest absolute Gasteiger partial charge is 0.394 e. The van der Waals surface area contributed by atoms with Crippen LogP contribution in [0.5, 0.6) is 0 Å². The van der Waals surface area contributed by atoms with Gasteiger partial charge in [0.1, 0.15) is 18.0 Å². The molecule has 0 aromatic carbocycles. The normalized spacial score (nSPS) is 41.5. The van der Waals surface area contributed by atoms with Crippen LogP contribution in [0.1, 0.15) is 13.3 Å². The number of hydrogen-bond acceptors (Lipinski definition) is 6. The Labute approximate surface area is 87.1 Å². The molecule has 5 atom stereocenters. The first kappa shape index (κ1) is 12.5. The lowest BCUT2D eigenvalue weighted by atomic mass is 9.87. The van der Waals surface area contributed by atoms with Crippen molar-refractivity contribution in [2.45, 2.75) is 37.9 Å². The first-order chi connectivity index (χ1) is 6.97. The van der Waals surface area contributed by atoms with Crippen molar-refractivity contribution in [3.63, 3.8) is 0 Å². The fourth-order valence-electron chi connectivity index (χ4n) is 1.71. The Balaban J connectivity index is 2.70. The first-order valence-electron chi connectivity index (χ1n) is 4.77. The molecule has 15 heavy (non-hydrogen) atoms. The van der Waals surface area contributed by atoms with Crippen LogP contribution in [0.3, 0.4) is 0 Å². The summed E-state index contributed by atoms with van der Waals surface area (Å²) in [4.78, 5) is 10.9. The van der Waals surface area contributed by atoms with Crippen molar-refractivity contribution in [2.75, 3.05) is 6.61 Å². The summed E-state index contributed by atoms with van der Waals surface area (Å²) in [6.45, 7) is 0.825. The van der Waals surface area contributed by atoms with E-state index >= 15 is 0 Å². The number of carbonyl (C=O) groups excluding carboxylic acids is 1. The molecule has 3 unspecified atom stereocenters. The molecule has 0 aliphatic carbocycles. The highest BCUT2D eigenvalue weighted by atomic mass is 16.6. The van der Waals surface area contributed by atoms with E-state index in [1.807, 2.05) is 0 Å². The van der Waals surface area contributed by atoms with E-state index < -0.39 is 37.1 Å². The van der Waals surface area contributed by atoms with E-state index in [1.165, 1.54) is 6.92 Å². The molecule has 1 fully saturated rings. The molecular formula is C9H16O6. The summed E-state index contributed by atoms with van der Waals surface area (Å²) in [7, 11) is 0. The zero-order chi connectivity index (χ0) is 11.6. The van der Waals surface area contributed by atoms with Gasteiger partial charge in [-0.15, -0.1) is 0 Å². The molecule has 6 heteroatoms. The molecule has 1 saturated heterocycles. The van der Waals surface area contributed by atoms with E-state index in [9.17, 15) is 20.1 Å². The Morgan fingerprint density at radius 1 is 1.27 bits per heavy atom. The van der Waals surface area contributed by atoms with Gasteiger partial charge in [0.25, 0.3) is 0 Å². The number of Topliss-reactive ketones (excluding diaryl/α,β-unsaturated/α-hetero) is 1. The topological polar surface area (TPSA) is 107 Å². The average Bonchev–Trinajstić information content (AvgIpc) is 2.18. The highest BCUT2D eigenvalue weighted by Crippen LogP contribution is 2.27. The quantitative estimate of drug-likeness (QED) is 0.439. The van der Waals surface area contributed by atoms with Crippen LogP contribution >= 0.6 is 0 Å². The Morgan fingerprint density at radius 2 is 1.87 bits per heavy atom. The van der Waals surface area contributed by atoms with Gasteiger partial charge in [0.15, 0.2) is 6.29 Å². The molecule has 0 bridgehead atoms. The second-order valence-corrected chi connectivity index (χ2v) is 3.80. The van der Waals surface area contributed by atoms with Gasteiger partial charge in [-0.3, -0.25) is 0 Å². The molecule has 1 aliphatic rings. The molecule has 1 aliphatic heterocycles. The second kappa shape index (κ2) is 5.00. The van der Waals surface area contributed by atoms with Crippen molar-refractivity contribution in [2.24, 2.45) is 5.92 Å². The number of aliphatic hydroxyl groups is 4. The second-order valence-electron chi connectivity index (χ2n) is 3.80. The molecule has 6 nitrogen and oxygen atoms in total. The van der Waals surface area contributed by atoms with Crippen molar-refractivity contribution in [3.05, 3.63) is 0 Å². The number of ketones is 1. The van der Waals surface area contributed by atoms with Crippen molar-refractivity contribution in [1.29, 1.82) is 0 Å². The fraction of sp³-hybridized carbons (Fsp3) is 0.889.